The maximum absolute atomic E-state index is 11.6. The molecule has 1 atom stereocenters. The molecule has 1 aliphatic rings. The summed E-state index contributed by atoms with van der Waals surface area (Å²) in [6.07, 6.45) is 0.537. The molecule has 10 nitrogen and oxygen atoms in total. The molecule has 0 spiro atoms. The lowest BCUT2D eigenvalue weighted by atomic mass is 10.1. The van der Waals surface area contributed by atoms with Crippen LogP contribution >= 0.6 is 0 Å². The summed E-state index contributed by atoms with van der Waals surface area (Å²) in [6.45, 7) is 7.52. The van der Waals surface area contributed by atoms with Crippen LogP contribution in [0.3, 0.4) is 0 Å². The van der Waals surface area contributed by atoms with Crippen LogP contribution in [-0.2, 0) is 14.3 Å². The van der Waals surface area contributed by atoms with Crippen molar-refractivity contribution in [2.24, 2.45) is 10.2 Å². The van der Waals surface area contributed by atoms with Crippen molar-refractivity contribution < 1.29 is 29.0 Å². The Morgan fingerprint density at radius 2 is 1.81 bits per heavy atom. The molecule has 0 aliphatic carbocycles. The molecular formula is C16H28N4O6. The average molecular weight is 372 g/mol. The Morgan fingerprint density at radius 1 is 1.15 bits per heavy atom. The summed E-state index contributed by atoms with van der Waals surface area (Å²) in [5.74, 6) is -1.13. The van der Waals surface area contributed by atoms with Gasteiger partial charge in [-0.1, -0.05) is 0 Å². The first-order chi connectivity index (χ1) is 12.0. The molecule has 3 N–H and O–H groups in total. The van der Waals surface area contributed by atoms with Gasteiger partial charge in [0.2, 0.25) is 0 Å². The number of amides is 2. The Morgan fingerprint density at radius 3 is 2.35 bits per heavy atom. The van der Waals surface area contributed by atoms with Crippen molar-refractivity contribution in [1.29, 1.82) is 0 Å². The van der Waals surface area contributed by atoms with Gasteiger partial charge in [-0.2, -0.15) is 10.2 Å². The minimum absolute atomic E-state index is 0.229. The molecule has 0 bridgehead atoms. The number of ether oxygens (including phenoxy) is 2. The van der Waals surface area contributed by atoms with Crippen LogP contribution in [0.25, 0.3) is 0 Å². The van der Waals surface area contributed by atoms with Crippen molar-refractivity contribution in [2.45, 2.75) is 70.7 Å². The molecule has 0 aromatic rings. The van der Waals surface area contributed by atoms with Crippen LogP contribution in [0.4, 0.5) is 9.59 Å². The summed E-state index contributed by atoms with van der Waals surface area (Å²) in [7, 11) is 0. The topological polar surface area (TPSA) is 139 Å². The minimum atomic E-state index is -1.13. The van der Waals surface area contributed by atoms with E-state index in [1.165, 1.54) is 0 Å². The zero-order chi connectivity index (χ0) is 19.8. The molecule has 1 aliphatic heterocycles. The van der Waals surface area contributed by atoms with E-state index in [0.717, 1.165) is 0 Å². The van der Waals surface area contributed by atoms with Crippen molar-refractivity contribution in [3.8, 4) is 0 Å². The number of carbonyl (C=O) groups is 3. The molecular weight excluding hydrogens is 344 g/mol. The second-order valence-electron chi connectivity index (χ2n) is 7.26. The Labute approximate surface area is 152 Å². The molecule has 1 rings (SSSR count). The van der Waals surface area contributed by atoms with Gasteiger partial charge in [-0.3, -0.25) is 0 Å². The fourth-order valence-corrected chi connectivity index (χ4v) is 1.94. The maximum atomic E-state index is 11.6. The van der Waals surface area contributed by atoms with Gasteiger partial charge < -0.3 is 25.2 Å². The number of nitrogens with zero attached hydrogens (tertiary/aromatic N) is 2. The minimum Gasteiger partial charge on any atom is -0.480 e. The molecule has 0 fully saturated rings. The maximum Gasteiger partial charge on any atom is 0.408 e. The second-order valence-corrected chi connectivity index (χ2v) is 7.26. The highest BCUT2D eigenvalue weighted by atomic mass is 16.6. The molecule has 10 heteroatoms. The lowest BCUT2D eigenvalue weighted by Crippen LogP contribution is -2.43. The summed E-state index contributed by atoms with van der Waals surface area (Å²) in [4.78, 5) is 34.3. The molecule has 0 saturated heterocycles. The number of unbranched alkanes of at least 4 members (excludes halogenated alkanes) is 1. The first-order valence-corrected chi connectivity index (χ1v) is 8.58. The monoisotopic (exact) mass is 372 g/mol. The average Bonchev–Trinajstić information content (AvgIpc) is 3.21. The molecule has 0 radical (unpaired) electrons. The van der Waals surface area contributed by atoms with Gasteiger partial charge in [0.15, 0.2) is 5.66 Å². The lowest BCUT2D eigenvalue weighted by molar-refractivity contribution is -0.139. The Hall–Kier alpha value is -2.39. The Balaban J connectivity index is 2.13. The second kappa shape index (κ2) is 9.35. The van der Waals surface area contributed by atoms with Gasteiger partial charge >= 0.3 is 18.2 Å². The third-order valence-corrected chi connectivity index (χ3v) is 3.43. The van der Waals surface area contributed by atoms with Crippen LogP contribution in [0.5, 0.6) is 0 Å². The zero-order valence-electron chi connectivity index (χ0n) is 15.7. The molecule has 0 unspecified atom stereocenters. The molecule has 0 saturated carbocycles. The Bertz CT molecular complexity index is 537. The van der Waals surface area contributed by atoms with Gasteiger partial charge in [-0.15, -0.1) is 0 Å². The summed E-state index contributed by atoms with van der Waals surface area (Å²) >= 11 is 0. The number of hydrogen-bond acceptors (Lipinski definition) is 7. The molecule has 0 aromatic carbocycles. The van der Waals surface area contributed by atoms with Crippen molar-refractivity contribution >= 4 is 18.2 Å². The van der Waals surface area contributed by atoms with Gasteiger partial charge in [-0.05, 0) is 47.0 Å². The van der Waals surface area contributed by atoms with Crippen LogP contribution in [0, 0.1) is 0 Å². The van der Waals surface area contributed by atoms with Crippen LogP contribution in [0.15, 0.2) is 10.2 Å². The summed E-state index contributed by atoms with van der Waals surface area (Å²) in [5, 5.41) is 21.7. The standard InChI is InChI=1S/C16H28N4O6/c1-15(2,3)26-14(24)18-11(12(21)22)7-5-6-9-17-13(23)25-10-8-16(4)19-20-16/h11H,5-10H2,1-4H3,(H,17,23)(H,18,24)(H,21,22)/t11-/m0/s1. The number of carbonyl (C=O) groups excluding carboxylic acids is 2. The Kier molecular flexibility index (Phi) is 7.78. The SMILES string of the molecule is CC1(CCOC(=O)NCCCC[C@H](NC(=O)OC(C)(C)C)C(=O)O)N=N1. The van der Waals surface area contributed by atoms with E-state index in [1.807, 2.05) is 6.92 Å². The van der Waals surface area contributed by atoms with E-state index in [0.29, 0.717) is 25.8 Å². The van der Waals surface area contributed by atoms with Gasteiger partial charge in [0.05, 0.1) is 6.61 Å². The van der Waals surface area contributed by atoms with E-state index in [4.69, 9.17) is 14.6 Å². The van der Waals surface area contributed by atoms with Crippen LogP contribution in [0.2, 0.25) is 0 Å². The highest BCUT2D eigenvalue weighted by Gasteiger charge is 2.33. The predicted molar refractivity (Wildman–Crippen MR) is 91.9 cm³/mol. The first kappa shape index (κ1) is 21.7. The summed E-state index contributed by atoms with van der Waals surface area (Å²) in [5.41, 5.74) is -1.09. The number of aliphatic carboxylic acids is 1. The number of carboxylic acids is 1. The van der Waals surface area contributed by atoms with Crippen molar-refractivity contribution in [3.63, 3.8) is 0 Å². The summed E-state index contributed by atoms with van der Waals surface area (Å²) in [6, 6.07) is -1.04. The highest BCUT2D eigenvalue weighted by Crippen LogP contribution is 2.30. The number of hydrogen-bond donors (Lipinski definition) is 3. The van der Waals surface area contributed by atoms with Crippen LogP contribution in [0.1, 0.15) is 53.4 Å². The van der Waals surface area contributed by atoms with E-state index >= 15 is 0 Å². The zero-order valence-corrected chi connectivity index (χ0v) is 15.7. The fourth-order valence-electron chi connectivity index (χ4n) is 1.94. The smallest absolute Gasteiger partial charge is 0.408 e. The number of rotatable bonds is 10. The predicted octanol–water partition coefficient (Wildman–Crippen LogP) is 2.43. The van der Waals surface area contributed by atoms with Crippen molar-refractivity contribution in [2.75, 3.05) is 13.2 Å². The largest absolute Gasteiger partial charge is 0.480 e. The third-order valence-electron chi connectivity index (χ3n) is 3.43. The molecule has 1 heterocycles. The van der Waals surface area contributed by atoms with E-state index in [9.17, 15) is 14.4 Å². The van der Waals surface area contributed by atoms with Crippen molar-refractivity contribution in [1.82, 2.24) is 10.6 Å². The van der Waals surface area contributed by atoms with E-state index in [2.05, 4.69) is 20.9 Å². The van der Waals surface area contributed by atoms with E-state index < -0.39 is 35.5 Å². The van der Waals surface area contributed by atoms with Crippen LogP contribution < -0.4 is 10.6 Å². The lowest BCUT2D eigenvalue weighted by Gasteiger charge is -2.22. The van der Waals surface area contributed by atoms with E-state index in [1.54, 1.807) is 20.8 Å². The van der Waals surface area contributed by atoms with Gasteiger partial charge in [0.25, 0.3) is 0 Å². The molecule has 148 valence electrons. The molecule has 26 heavy (non-hydrogen) atoms. The van der Waals surface area contributed by atoms with Crippen molar-refractivity contribution in [3.05, 3.63) is 0 Å². The number of carboxylic acid groups (broad SMARTS) is 1. The van der Waals surface area contributed by atoms with Crippen LogP contribution in [-0.4, -0.2) is 53.7 Å². The third kappa shape index (κ3) is 9.80. The van der Waals surface area contributed by atoms with Gasteiger partial charge in [-0.25, -0.2) is 14.4 Å². The molecule has 2 amide bonds. The number of nitrogens with one attached hydrogen (secondary N) is 2. The van der Waals surface area contributed by atoms with Gasteiger partial charge in [0.1, 0.15) is 11.6 Å². The first-order valence-electron chi connectivity index (χ1n) is 8.58. The normalized spacial score (nSPS) is 15.7. The quantitative estimate of drug-likeness (QED) is 0.503. The van der Waals surface area contributed by atoms with E-state index in [-0.39, 0.29) is 13.0 Å². The fraction of sp³-hybridized carbons (Fsp3) is 0.812. The molecule has 0 aromatic heterocycles. The summed E-state index contributed by atoms with van der Waals surface area (Å²) < 4.78 is 10.0. The highest BCUT2D eigenvalue weighted by molar-refractivity contribution is 5.79. The number of alkyl carbamates (subject to hydrolysis) is 2. The van der Waals surface area contributed by atoms with Gasteiger partial charge in [0, 0.05) is 13.0 Å².